The molecule has 38 heavy (non-hydrogen) atoms. The van der Waals surface area contributed by atoms with Crippen LogP contribution in [0.2, 0.25) is 10.0 Å². The molecule has 2 amide bonds. The first-order valence-corrected chi connectivity index (χ1v) is 11.5. The Balaban J connectivity index is 0.000000304. The average Bonchev–Trinajstić information content (AvgIpc) is 3.39. The van der Waals surface area contributed by atoms with Crippen LogP contribution in [0.3, 0.4) is 0 Å². The molecule has 1 saturated heterocycles. The van der Waals surface area contributed by atoms with Gasteiger partial charge in [0, 0.05) is 27.6 Å². The quantitative estimate of drug-likeness (QED) is 0.466. The van der Waals surface area contributed by atoms with E-state index in [1.54, 1.807) is 13.0 Å². The van der Waals surface area contributed by atoms with Gasteiger partial charge in [0.1, 0.15) is 6.54 Å². The molecule has 7 nitrogen and oxygen atoms in total. The normalized spacial score (nSPS) is 19.6. The first-order valence-electron chi connectivity index (χ1n) is 10.7. The van der Waals surface area contributed by atoms with Gasteiger partial charge in [-0.05, 0) is 48.4 Å². The summed E-state index contributed by atoms with van der Waals surface area (Å²) in [5.74, 6) is -1.23. The summed E-state index contributed by atoms with van der Waals surface area (Å²) in [6.45, 7) is 0.370. The molecule has 1 unspecified atom stereocenters. The third kappa shape index (κ3) is 6.69. The number of carbonyl (C=O) groups is 2. The van der Waals surface area contributed by atoms with E-state index >= 15 is 0 Å². The van der Waals surface area contributed by atoms with E-state index in [1.807, 2.05) is 0 Å². The highest BCUT2D eigenvalue weighted by Gasteiger charge is 2.62. The Kier molecular flexibility index (Phi) is 8.54. The second kappa shape index (κ2) is 11.0. The molecule has 2 aliphatic heterocycles. The molecule has 2 aromatic rings. The van der Waals surface area contributed by atoms with Gasteiger partial charge in [-0.25, -0.2) is 5.06 Å². The third-order valence-electron chi connectivity index (χ3n) is 5.50. The van der Waals surface area contributed by atoms with Crippen molar-refractivity contribution in [2.24, 2.45) is 10.9 Å². The predicted molar refractivity (Wildman–Crippen MR) is 124 cm³/mol. The van der Waals surface area contributed by atoms with Crippen LogP contribution in [0.5, 0.6) is 0 Å². The molecule has 0 radical (unpaired) electrons. The SMILES string of the molecule is Cc1cc(C2=NOC(c3cc(Cl)cc(Cl)c3)(C(F)(F)F)C2)ccc1C(N)=O.O=C1CCON1CC(F)(F)F. The minimum atomic E-state index is -4.77. The molecule has 2 aromatic carbocycles. The van der Waals surface area contributed by atoms with Crippen LogP contribution in [0.25, 0.3) is 0 Å². The Bertz CT molecular complexity index is 1250. The first-order chi connectivity index (χ1) is 17.5. The topological polar surface area (TPSA) is 94.2 Å². The third-order valence-corrected chi connectivity index (χ3v) is 5.94. The number of alkyl halides is 6. The fraction of sp³-hybridized carbons (Fsp3) is 0.348. The lowest BCUT2D eigenvalue weighted by Gasteiger charge is -2.29. The number of halogens is 8. The Morgan fingerprint density at radius 3 is 2.21 bits per heavy atom. The van der Waals surface area contributed by atoms with Crippen LogP contribution < -0.4 is 5.73 Å². The maximum absolute atomic E-state index is 14.0. The summed E-state index contributed by atoms with van der Waals surface area (Å²) in [6, 6.07) is 8.10. The van der Waals surface area contributed by atoms with E-state index in [1.165, 1.54) is 18.2 Å². The number of oxime groups is 1. The summed E-state index contributed by atoms with van der Waals surface area (Å²) in [5, 5.41) is 4.13. The second-order valence-corrected chi connectivity index (χ2v) is 9.18. The van der Waals surface area contributed by atoms with Crippen LogP contribution in [0.15, 0.2) is 41.6 Å². The summed E-state index contributed by atoms with van der Waals surface area (Å²) in [5.41, 5.74) is 3.61. The van der Waals surface area contributed by atoms with Gasteiger partial charge >= 0.3 is 12.4 Å². The monoisotopic (exact) mass is 585 g/mol. The Hall–Kier alpha value is -3.03. The van der Waals surface area contributed by atoms with Gasteiger partial charge in [0.2, 0.25) is 11.8 Å². The van der Waals surface area contributed by atoms with E-state index in [4.69, 9.17) is 33.8 Å². The second-order valence-electron chi connectivity index (χ2n) is 8.31. The molecule has 1 atom stereocenters. The zero-order chi connectivity index (χ0) is 28.5. The molecule has 0 spiro atoms. The van der Waals surface area contributed by atoms with Crippen LogP contribution in [-0.2, 0) is 20.1 Å². The molecule has 4 rings (SSSR count). The van der Waals surface area contributed by atoms with Crippen molar-refractivity contribution in [1.29, 1.82) is 0 Å². The van der Waals surface area contributed by atoms with Gasteiger partial charge in [0.05, 0.1) is 18.7 Å². The fourth-order valence-electron chi connectivity index (χ4n) is 3.70. The van der Waals surface area contributed by atoms with E-state index in [9.17, 15) is 35.9 Å². The average molecular weight is 586 g/mol. The number of hydrogen-bond donors (Lipinski definition) is 1. The molecule has 2 aliphatic rings. The molecule has 0 saturated carbocycles. The lowest BCUT2D eigenvalue weighted by atomic mass is 9.86. The first kappa shape index (κ1) is 29.5. The highest BCUT2D eigenvalue weighted by molar-refractivity contribution is 6.34. The summed E-state index contributed by atoms with van der Waals surface area (Å²) < 4.78 is 76.7. The van der Waals surface area contributed by atoms with Crippen LogP contribution in [0.4, 0.5) is 26.3 Å². The number of primary amides is 1. The highest BCUT2D eigenvalue weighted by atomic mass is 35.5. The lowest BCUT2D eigenvalue weighted by Crippen LogP contribution is -2.42. The number of nitrogens with zero attached hydrogens (tertiary/aromatic N) is 2. The number of benzene rings is 2. The molecular formula is C23H19Cl2F6N3O4. The predicted octanol–water partition coefficient (Wildman–Crippen LogP) is 5.70. The van der Waals surface area contributed by atoms with Crippen molar-refractivity contribution >= 4 is 40.7 Å². The molecule has 0 aliphatic carbocycles. The van der Waals surface area contributed by atoms with E-state index in [0.717, 1.165) is 12.1 Å². The molecule has 1 fully saturated rings. The minimum Gasteiger partial charge on any atom is -0.374 e. The highest BCUT2D eigenvalue weighted by Crippen LogP contribution is 2.49. The number of nitrogens with two attached hydrogens (primary N) is 1. The summed E-state index contributed by atoms with van der Waals surface area (Å²) in [4.78, 5) is 31.2. The van der Waals surface area contributed by atoms with Gasteiger partial charge in [-0.3, -0.25) is 14.4 Å². The molecule has 2 heterocycles. The standard InChI is InChI=1S/C18H13Cl2F3N2O2.C5H6F3NO2/c1-9-4-10(2-3-14(9)16(24)26)15-8-17(27-25-15,18(21,22)23)11-5-12(19)7-13(20)6-11;6-5(7,8)3-9-4(10)1-2-11-9/h2-7H,8H2,1H3,(H2,24,26);1-3H2. The van der Waals surface area contributed by atoms with Crippen molar-refractivity contribution in [2.45, 2.75) is 37.7 Å². The van der Waals surface area contributed by atoms with Crippen molar-refractivity contribution in [3.63, 3.8) is 0 Å². The number of hydrogen-bond acceptors (Lipinski definition) is 5. The molecule has 15 heteroatoms. The zero-order valence-electron chi connectivity index (χ0n) is 19.4. The molecule has 2 N–H and O–H groups in total. The van der Waals surface area contributed by atoms with Gasteiger partial charge < -0.3 is 10.6 Å². The van der Waals surface area contributed by atoms with Gasteiger partial charge in [0.15, 0.2) is 0 Å². The Morgan fingerprint density at radius 1 is 1.11 bits per heavy atom. The van der Waals surface area contributed by atoms with Gasteiger partial charge in [0.25, 0.3) is 5.60 Å². The van der Waals surface area contributed by atoms with Crippen molar-refractivity contribution < 1.29 is 45.6 Å². The Labute approximate surface area is 222 Å². The minimum absolute atomic E-state index is 0.0378. The number of hydroxylamine groups is 2. The fourth-order valence-corrected chi connectivity index (χ4v) is 4.23. The Morgan fingerprint density at radius 2 is 1.74 bits per heavy atom. The van der Waals surface area contributed by atoms with Gasteiger partial charge in [-0.1, -0.05) is 34.4 Å². The van der Waals surface area contributed by atoms with Crippen molar-refractivity contribution in [3.05, 3.63) is 68.7 Å². The molecular weight excluding hydrogens is 567 g/mol. The largest absolute Gasteiger partial charge is 0.435 e. The van der Waals surface area contributed by atoms with Gasteiger partial charge in [-0.2, -0.15) is 26.3 Å². The molecule has 0 bridgehead atoms. The van der Waals surface area contributed by atoms with E-state index in [2.05, 4.69) is 9.99 Å². The van der Waals surface area contributed by atoms with E-state index < -0.39 is 42.7 Å². The van der Waals surface area contributed by atoms with Crippen molar-refractivity contribution in [3.8, 4) is 0 Å². The van der Waals surface area contributed by atoms with Crippen molar-refractivity contribution in [2.75, 3.05) is 13.2 Å². The lowest BCUT2D eigenvalue weighted by molar-refractivity contribution is -0.275. The summed E-state index contributed by atoms with van der Waals surface area (Å²) in [7, 11) is 0. The van der Waals surface area contributed by atoms with E-state index in [0.29, 0.717) is 16.2 Å². The molecule has 0 aromatic heterocycles. The van der Waals surface area contributed by atoms with Crippen LogP contribution >= 0.6 is 23.2 Å². The van der Waals surface area contributed by atoms with Crippen molar-refractivity contribution in [1.82, 2.24) is 5.06 Å². The number of carbonyl (C=O) groups excluding carboxylic acids is 2. The van der Waals surface area contributed by atoms with Crippen LogP contribution in [-0.4, -0.2) is 48.1 Å². The van der Waals surface area contributed by atoms with Crippen LogP contribution in [0, 0.1) is 6.92 Å². The summed E-state index contributed by atoms with van der Waals surface area (Å²) in [6.07, 6.45) is -9.67. The van der Waals surface area contributed by atoms with E-state index in [-0.39, 0.29) is 39.9 Å². The maximum atomic E-state index is 14.0. The number of amides is 2. The zero-order valence-corrected chi connectivity index (χ0v) is 20.9. The van der Waals surface area contributed by atoms with Crippen LogP contribution in [0.1, 0.15) is 39.9 Å². The number of aryl methyl sites for hydroxylation is 1. The maximum Gasteiger partial charge on any atom is 0.435 e. The summed E-state index contributed by atoms with van der Waals surface area (Å²) >= 11 is 11.7. The van der Waals surface area contributed by atoms with Gasteiger partial charge in [-0.15, -0.1) is 0 Å². The number of rotatable bonds is 4. The smallest absolute Gasteiger partial charge is 0.374 e. The molecule has 206 valence electrons.